The van der Waals surface area contributed by atoms with Crippen LogP contribution in [0.15, 0.2) is 72.8 Å². The standard InChI is InChI=1S/C25H19F4N3O3/c1-30-23(34)16-5-2-15(3-6-16)4-13-22(33)32-21-12-11-19(14-20(21)25(27,28)29)31-24(35)17-7-9-18(26)10-8-17/h2-14H,1H3,(H,30,34)(H,31,35)(H,32,33)/b13-4+. The summed E-state index contributed by atoms with van der Waals surface area (Å²) in [6.45, 7) is 0. The Bertz CT molecular complexity index is 1270. The number of rotatable bonds is 6. The summed E-state index contributed by atoms with van der Waals surface area (Å²) in [5.74, 6) is -2.37. The van der Waals surface area contributed by atoms with E-state index in [0.717, 1.165) is 24.3 Å². The van der Waals surface area contributed by atoms with Crippen molar-refractivity contribution in [3.05, 3.63) is 101 Å². The van der Waals surface area contributed by atoms with Crippen LogP contribution in [0.4, 0.5) is 28.9 Å². The number of amides is 3. The van der Waals surface area contributed by atoms with E-state index >= 15 is 0 Å². The molecule has 3 N–H and O–H groups in total. The highest BCUT2D eigenvalue weighted by Gasteiger charge is 2.34. The molecule has 0 heterocycles. The van der Waals surface area contributed by atoms with Crippen molar-refractivity contribution in [2.45, 2.75) is 6.18 Å². The van der Waals surface area contributed by atoms with Gasteiger partial charge in [0.1, 0.15) is 5.82 Å². The summed E-state index contributed by atoms with van der Waals surface area (Å²) in [6, 6.07) is 13.6. The van der Waals surface area contributed by atoms with Gasteiger partial charge in [-0.05, 0) is 66.2 Å². The minimum atomic E-state index is -4.82. The molecule has 0 saturated carbocycles. The van der Waals surface area contributed by atoms with Crippen LogP contribution in [0, 0.1) is 5.82 Å². The van der Waals surface area contributed by atoms with E-state index in [4.69, 9.17) is 0 Å². The van der Waals surface area contributed by atoms with Crippen LogP contribution in [0.1, 0.15) is 31.8 Å². The smallest absolute Gasteiger partial charge is 0.355 e. The summed E-state index contributed by atoms with van der Waals surface area (Å²) >= 11 is 0. The third-order valence-corrected chi connectivity index (χ3v) is 4.77. The molecule has 0 aliphatic heterocycles. The number of carbonyl (C=O) groups excluding carboxylic acids is 3. The average Bonchev–Trinajstić information content (AvgIpc) is 2.83. The lowest BCUT2D eigenvalue weighted by Crippen LogP contribution is -2.17. The first-order valence-electron chi connectivity index (χ1n) is 10.2. The maximum absolute atomic E-state index is 13.6. The van der Waals surface area contributed by atoms with Crippen molar-refractivity contribution in [1.29, 1.82) is 0 Å². The molecule has 0 atom stereocenters. The first-order chi connectivity index (χ1) is 16.6. The highest BCUT2D eigenvalue weighted by atomic mass is 19.4. The van der Waals surface area contributed by atoms with Crippen LogP contribution in [0.25, 0.3) is 6.08 Å². The van der Waals surface area contributed by atoms with Crippen LogP contribution < -0.4 is 16.0 Å². The first-order valence-corrected chi connectivity index (χ1v) is 10.2. The molecular formula is C25H19F4N3O3. The third kappa shape index (κ3) is 6.76. The van der Waals surface area contributed by atoms with Crippen LogP contribution in [0.3, 0.4) is 0 Å². The second-order valence-corrected chi connectivity index (χ2v) is 7.24. The molecule has 3 rings (SSSR count). The molecule has 0 spiro atoms. The normalized spacial score (nSPS) is 11.2. The molecule has 0 bridgehead atoms. The van der Waals surface area contributed by atoms with Crippen LogP contribution in [-0.4, -0.2) is 24.8 Å². The topological polar surface area (TPSA) is 87.3 Å². The van der Waals surface area contributed by atoms with E-state index < -0.39 is 35.1 Å². The fourth-order valence-corrected chi connectivity index (χ4v) is 3.01. The zero-order valence-corrected chi connectivity index (χ0v) is 18.2. The molecule has 10 heteroatoms. The zero-order valence-electron chi connectivity index (χ0n) is 18.2. The van der Waals surface area contributed by atoms with Crippen LogP contribution in [0.5, 0.6) is 0 Å². The maximum atomic E-state index is 13.6. The van der Waals surface area contributed by atoms with Crippen molar-refractivity contribution in [2.75, 3.05) is 17.7 Å². The molecule has 3 amide bonds. The minimum absolute atomic E-state index is 0.0610. The van der Waals surface area contributed by atoms with E-state index in [1.54, 1.807) is 12.1 Å². The Balaban J connectivity index is 1.74. The molecule has 0 saturated heterocycles. The van der Waals surface area contributed by atoms with Gasteiger partial charge in [0.15, 0.2) is 0 Å². The number of alkyl halides is 3. The maximum Gasteiger partial charge on any atom is 0.418 e. The summed E-state index contributed by atoms with van der Waals surface area (Å²) in [7, 11) is 1.49. The molecule has 3 aromatic carbocycles. The molecule has 0 unspecified atom stereocenters. The number of benzene rings is 3. The molecule has 0 radical (unpaired) electrons. The Morgan fingerprint density at radius 3 is 2.00 bits per heavy atom. The second-order valence-electron chi connectivity index (χ2n) is 7.24. The number of carbonyl (C=O) groups is 3. The van der Waals surface area contributed by atoms with Crippen LogP contribution in [0.2, 0.25) is 0 Å². The predicted molar refractivity (Wildman–Crippen MR) is 123 cm³/mol. The molecule has 180 valence electrons. The Labute approximate surface area is 197 Å². The van der Waals surface area contributed by atoms with Gasteiger partial charge in [-0.3, -0.25) is 14.4 Å². The largest absolute Gasteiger partial charge is 0.418 e. The van der Waals surface area contributed by atoms with Crippen LogP contribution in [-0.2, 0) is 11.0 Å². The molecule has 6 nitrogen and oxygen atoms in total. The van der Waals surface area contributed by atoms with Gasteiger partial charge in [-0.15, -0.1) is 0 Å². The van der Waals surface area contributed by atoms with Crippen molar-refractivity contribution >= 4 is 35.2 Å². The van der Waals surface area contributed by atoms with Crippen LogP contribution >= 0.6 is 0 Å². The third-order valence-electron chi connectivity index (χ3n) is 4.77. The van der Waals surface area contributed by atoms with Gasteiger partial charge in [0.05, 0.1) is 11.3 Å². The summed E-state index contributed by atoms with van der Waals surface area (Å²) in [4.78, 5) is 36.0. The summed E-state index contributed by atoms with van der Waals surface area (Å²) in [5, 5.41) is 6.97. The first kappa shape index (κ1) is 25.2. The number of hydrogen-bond donors (Lipinski definition) is 3. The SMILES string of the molecule is CNC(=O)c1ccc(/C=C/C(=O)Nc2ccc(NC(=O)c3ccc(F)cc3)cc2C(F)(F)F)cc1. The predicted octanol–water partition coefficient (Wildman–Crippen LogP) is 5.11. The monoisotopic (exact) mass is 485 g/mol. The van der Waals surface area contributed by atoms with Crippen molar-refractivity contribution < 1.29 is 31.9 Å². The van der Waals surface area contributed by atoms with Gasteiger partial charge < -0.3 is 16.0 Å². The lowest BCUT2D eigenvalue weighted by Gasteiger charge is -2.15. The number of halogens is 4. The van der Waals surface area contributed by atoms with Gasteiger partial charge in [-0.2, -0.15) is 13.2 Å². The van der Waals surface area contributed by atoms with Gasteiger partial charge in [0, 0.05) is 29.9 Å². The van der Waals surface area contributed by atoms with E-state index in [2.05, 4.69) is 16.0 Å². The fourth-order valence-electron chi connectivity index (χ4n) is 3.01. The van der Waals surface area contributed by atoms with Crippen molar-refractivity contribution in [3.8, 4) is 0 Å². The van der Waals surface area contributed by atoms with Gasteiger partial charge >= 0.3 is 6.18 Å². The summed E-state index contributed by atoms with van der Waals surface area (Å²) in [6.07, 6.45) is -2.38. The Kier molecular flexibility index (Phi) is 7.65. The van der Waals surface area contributed by atoms with Gasteiger partial charge in [-0.1, -0.05) is 12.1 Å². The highest BCUT2D eigenvalue weighted by molar-refractivity contribution is 6.05. The fraction of sp³-hybridized carbons (Fsp3) is 0.0800. The number of anilines is 2. The van der Waals surface area contributed by atoms with Crippen molar-refractivity contribution in [3.63, 3.8) is 0 Å². The van der Waals surface area contributed by atoms with Gasteiger partial charge in [0.25, 0.3) is 11.8 Å². The van der Waals surface area contributed by atoms with E-state index in [1.165, 1.54) is 43.5 Å². The molecule has 0 aliphatic carbocycles. The van der Waals surface area contributed by atoms with E-state index in [1.807, 2.05) is 0 Å². The number of hydrogen-bond acceptors (Lipinski definition) is 3. The lowest BCUT2D eigenvalue weighted by atomic mass is 10.1. The highest BCUT2D eigenvalue weighted by Crippen LogP contribution is 2.36. The van der Waals surface area contributed by atoms with Gasteiger partial charge in [-0.25, -0.2) is 4.39 Å². The Hall–Kier alpha value is -4.47. The molecule has 0 fully saturated rings. The lowest BCUT2D eigenvalue weighted by molar-refractivity contribution is -0.136. The van der Waals surface area contributed by atoms with Crippen molar-refractivity contribution in [2.24, 2.45) is 0 Å². The van der Waals surface area contributed by atoms with E-state index in [9.17, 15) is 31.9 Å². The minimum Gasteiger partial charge on any atom is -0.355 e. The molecule has 35 heavy (non-hydrogen) atoms. The molecule has 0 aliphatic rings. The quantitative estimate of drug-likeness (QED) is 0.335. The molecular weight excluding hydrogens is 466 g/mol. The van der Waals surface area contributed by atoms with E-state index in [0.29, 0.717) is 17.2 Å². The summed E-state index contributed by atoms with van der Waals surface area (Å²) < 4.78 is 53.8. The summed E-state index contributed by atoms with van der Waals surface area (Å²) in [5.41, 5.74) is -0.784. The van der Waals surface area contributed by atoms with Gasteiger partial charge in [0.2, 0.25) is 5.91 Å². The van der Waals surface area contributed by atoms with E-state index in [-0.39, 0.29) is 17.2 Å². The second kappa shape index (κ2) is 10.6. The molecule has 3 aromatic rings. The Morgan fingerprint density at radius 2 is 1.40 bits per heavy atom. The number of nitrogens with one attached hydrogen (secondary N) is 3. The molecule has 0 aromatic heterocycles. The van der Waals surface area contributed by atoms with Crippen molar-refractivity contribution in [1.82, 2.24) is 5.32 Å². The zero-order chi connectivity index (χ0) is 25.6. The Morgan fingerprint density at radius 1 is 0.800 bits per heavy atom. The average molecular weight is 485 g/mol.